The van der Waals surface area contributed by atoms with Crippen LogP contribution in [-0.2, 0) is 19.0 Å². The van der Waals surface area contributed by atoms with Crippen LogP contribution < -0.4 is 10.1 Å². The average molecular weight is 427 g/mol. The zero-order chi connectivity index (χ0) is 22.9. The number of carbonyl (C=O) groups is 3. The van der Waals surface area contributed by atoms with Gasteiger partial charge in [-0.15, -0.1) is 0 Å². The summed E-state index contributed by atoms with van der Waals surface area (Å²) in [6.07, 6.45) is -0.241. The molecule has 2 atom stereocenters. The van der Waals surface area contributed by atoms with Gasteiger partial charge >= 0.3 is 18.2 Å². The molecule has 168 valence electrons. The minimum atomic E-state index is -1.17. The van der Waals surface area contributed by atoms with Gasteiger partial charge in [0.25, 0.3) is 0 Å². The Bertz CT molecular complexity index is 745. The standard InChI is InChI=1S/C21H30FNO7/c1-7-8-11-28-19(25)23-17(18(24)27-6)13(2)15-10-9-14(12-16(15)22)29-20(26)30-21(3,4)5/h9-10,12-13,17H,7-8,11H2,1-6H3,(H,23,25). The molecule has 0 aliphatic heterocycles. The highest BCUT2D eigenvalue weighted by Crippen LogP contribution is 2.27. The van der Waals surface area contributed by atoms with Crippen molar-refractivity contribution in [3.63, 3.8) is 0 Å². The van der Waals surface area contributed by atoms with Crippen molar-refractivity contribution in [2.45, 2.75) is 65.0 Å². The zero-order valence-corrected chi connectivity index (χ0v) is 18.2. The largest absolute Gasteiger partial charge is 0.514 e. The SMILES string of the molecule is CCCCOC(=O)NC(C(=O)OC)C(C)c1ccc(OC(=O)OC(C)(C)C)cc1F. The molecule has 1 rings (SSSR count). The maximum atomic E-state index is 14.7. The molecular weight excluding hydrogens is 397 g/mol. The summed E-state index contributed by atoms with van der Waals surface area (Å²) in [5, 5.41) is 2.42. The predicted molar refractivity (Wildman–Crippen MR) is 107 cm³/mol. The molecule has 0 bridgehead atoms. The number of methoxy groups -OCH3 is 1. The third-order valence-corrected chi connectivity index (χ3v) is 4.01. The van der Waals surface area contributed by atoms with Crippen molar-refractivity contribution >= 4 is 18.2 Å². The normalized spacial score (nSPS) is 13.0. The fourth-order valence-electron chi connectivity index (χ4n) is 2.48. The molecular formula is C21H30FNO7. The molecule has 0 aliphatic carbocycles. The number of halogens is 1. The van der Waals surface area contributed by atoms with Crippen molar-refractivity contribution in [2.75, 3.05) is 13.7 Å². The van der Waals surface area contributed by atoms with E-state index in [9.17, 15) is 18.8 Å². The summed E-state index contributed by atoms with van der Waals surface area (Å²) < 4.78 is 34.4. The maximum Gasteiger partial charge on any atom is 0.514 e. The van der Waals surface area contributed by atoms with E-state index >= 15 is 0 Å². The van der Waals surface area contributed by atoms with Crippen LogP contribution in [0.3, 0.4) is 0 Å². The number of carbonyl (C=O) groups excluding carboxylic acids is 3. The van der Waals surface area contributed by atoms with Crippen molar-refractivity contribution in [3.8, 4) is 5.75 Å². The summed E-state index contributed by atoms with van der Waals surface area (Å²) in [6, 6.07) is 2.56. The predicted octanol–water partition coefficient (Wildman–Crippen LogP) is 4.31. The van der Waals surface area contributed by atoms with Crippen molar-refractivity contribution in [2.24, 2.45) is 0 Å². The van der Waals surface area contributed by atoms with Gasteiger partial charge in [0.15, 0.2) is 0 Å². The number of nitrogens with one attached hydrogen (secondary N) is 1. The average Bonchev–Trinajstić information content (AvgIpc) is 2.63. The van der Waals surface area contributed by atoms with Gasteiger partial charge in [-0.3, -0.25) is 0 Å². The molecule has 1 N–H and O–H groups in total. The first-order valence-corrected chi connectivity index (χ1v) is 9.69. The Morgan fingerprint density at radius 3 is 2.40 bits per heavy atom. The number of hydrogen-bond acceptors (Lipinski definition) is 7. The number of hydrogen-bond donors (Lipinski definition) is 1. The Balaban J connectivity index is 2.93. The number of amides is 1. The van der Waals surface area contributed by atoms with Crippen LogP contribution in [0.5, 0.6) is 5.75 Å². The first kappa shape index (κ1) is 25.2. The maximum absolute atomic E-state index is 14.7. The lowest BCUT2D eigenvalue weighted by Gasteiger charge is -2.23. The summed E-state index contributed by atoms with van der Waals surface area (Å²) in [4.78, 5) is 35.8. The minimum Gasteiger partial charge on any atom is -0.467 e. The number of unbranched alkanes of at least 4 members (excludes halogenated alkanes) is 1. The lowest BCUT2D eigenvalue weighted by molar-refractivity contribution is -0.143. The number of rotatable bonds is 8. The van der Waals surface area contributed by atoms with E-state index in [0.29, 0.717) is 6.42 Å². The Morgan fingerprint density at radius 1 is 1.20 bits per heavy atom. The Hall–Kier alpha value is -2.84. The van der Waals surface area contributed by atoms with Crippen LogP contribution in [0.4, 0.5) is 14.0 Å². The second kappa shape index (κ2) is 11.4. The first-order chi connectivity index (χ1) is 14.0. The van der Waals surface area contributed by atoms with E-state index in [4.69, 9.17) is 18.9 Å². The van der Waals surface area contributed by atoms with Crippen LogP contribution in [0.25, 0.3) is 0 Å². The van der Waals surface area contributed by atoms with Gasteiger partial charge in [-0.25, -0.2) is 18.8 Å². The highest BCUT2D eigenvalue weighted by molar-refractivity contribution is 5.82. The van der Waals surface area contributed by atoms with Gasteiger partial charge in [0, 0.05) is 12.0 Å². The molecule has 1 aromatic carbocycles. The topological polar surface area (TPSA) is 100 Å². The van der Waals surface area contributed by atoms with E-state index in [1.54, 1.807) is 27.7 Å². The minimum absolute atomic E-state index is 0.0562. The molecule has 0 saturated carbocycles. The van der Waals surface area contributed by atoms with Gasteiger partial charge in [0.05, 0.1) is 13.7 Å². The van der Waals surface area contributed by atoms with Gasteiger partial charge in [-0.1, -0.05) is 26.3 Å². The van der Waals surface area contributed by atoms with Gasteiger partial charge in [-0.2, -0.15) is 0 Å². The summed E-state index contributed by atoms with van der Waals surface area (Å²) >= 11 is 0. The second-order valence-corrected chi connectivity index (χ2v) is 7.67. The molecule has 0 saturated heterocycles. The molecule has 0 radical (unpaired) electrons. The zero-order valence-electron chi connectivity index (χ0n) is 18.2. The summed E-state index contributed by atoms with van der Waals surface area (Å²) in [7, 11) is 1.17. The van der Waals surface area contributed by atoms with Crippen LogP contribution in [0.2, 0.25) is 0 Å². The third-order valence-electron chi connectivity index (χ3n) is 4.01. The Labute approximate surface area is 176 Å². The van der Waals surface area contributed by atoms with Gasteiger partial charge in [0.1, 0.15) is 23.2 Å². The molecule has 2 unspecified atom stereocenters. The molecule has 8 nitrogen and oxygen atoms in total. The number of benzene rings is 1. The van der Waals surface area contributed by atoms with Crippen LogP contribution >= 0.6 is 0 Å². The summed E-state index contributed by atoms with van der Waals surface area (Å²) in [5.41, 5.74) is -0.634. The molecule has 0 aromatic heterocycles. The lowest BCUT2D eigenvalue weighted by Crippen LogP contribution is -2.45. The molecule has 0 fully saturated rings. The molecule has 1 aromatic rings. The van der Waals surface area contributed by atoms with Crippen LogP contribution in [0, 0.1) is 5.82 Å². The van der Waals surface area contributed by atoms with Gasteiger partial charge in [-0.05, 0) is 38.8 Å². The van der Waals surface area contributed by atoms with Crippen LogP contribution in [0.1, 0.15) is 58.9 Å². The van der Waals surface area contributed by atoms with E-state index < -0.39 is 41.6 Å². The monoisotopic (exact) mass is 427 g/mol. The smallest absolute Gasteiger partial charge is 0.467 e. The number of esters is 1. The summed E-state index contributed by atoms with van der Waals surface area (Å²) in [6.45, 7) is 8.72. The molecule has 0 heterocycles. The van der Waals surface area contributed by atoms with E-state index in [0.717, 1.165) is 12.5 Å². The van der Waals surface area contributed by atoms with E-state index in [1.807, 2.05) is 6.92 Å². The van der Waals surface area contributed by atoms with Crippen molar-refractivity contribution < 1.29 is 37.7 Å². The van der Waals surface area contributed by atoms with Gasteiger partial charge < -0.3 is 24.3 Å². The quantitative estimate of drug-likeness (QED) is 0.285. The molecule has 0 spiro atoms. The van der Waals surface area contributed by atoms with E-state index in [1.165, 1.54) is 19.2 Å². The summed E-state index contributed by atoms with van der Waals surface area (Å²) in [5.74, 6) is -2.31. The molecule has 9 heteroatoms. The highest BCUT2D eigenvalue weighted by Gasteiger charge is 2.31. The molecule has 0 aliphatic rings. The first-order valence-electron chi connectivity index (χ1n) is 9.69. The fraction of sp³-hybridized carbons (Fsp3) is 0.571. The number of alkyl carbamates (subject to hydrolysis) is 1. The van der Waals surface area contributed by atoms with Crippen molar-refractivity contribution in [3.05, 3.63) is 29.6 Å². The second-order valence-electron chi connectivity index (χ2n) is 7.67. The van der Waals surface area contributed by atoms with Crippen LogP contribution in [0.15, 0.2) is 18.2 Å². The van der Waals surface area contributed by atoms with Crippen molar-refractivity contribution in [1.82, 2.24) is 5.32 Å². The highest BCUT2D eigenvalue weighted by atomic mass is 19.1. The van der Waals surface area contributed by atoms with E-state index in [2.05, 4.69) is 5.32 Å². The Kier molecular flexibility index (Phi) is 9.55. The van der Waals surface area contributed by atoms with Crippen LogP contribution in [-0.4, -0.2) is 43.6 Å². The van der Waals surface area contributed by atoms with Gasteiger partial charge in [0.2, 0.25) is 0 Å². The molecule has 30 heavy (non-hydrogen) atoms. The van der Waals surface area contributed by atoms with E-state index in [-0.39, 0.29) is 17.9 Å². The fourth-order valence-corrected chi connectivity index (χ4v) is 2.48. The number of ether oxygens (including phenoxy) is 4. The Morgan fingerprint density at radius 2 is 1.87 bits per heavy atom. The lowest BCUT2D eigenvalue weighted by atomic mass is 9.92. The van der Waals surface area contributed by atoms with Crippen molar-refractivity contribution in [1.29, 1.82) is 0 Å². The molecule has 1 amide bonds. The third kappa shape index (κ3) is 8.26.